The molecular weight excluding hydrogens is 688 g/mol. The van der Waals surface area contributed by atoms with Gasteiger partial charge < -0.3 is 14.8 Å². The van der Waals surface area contributed by atoms with E-state index in [1.165, 1.54) is 33.5 Å². The summed E-state index contributed by atoms with van der Waals surface area (Å²) in [6.45, 7) is 7.69. The molecule has 0 bridgehead atoms. The number of rotatable bonds is 11. The number of hydrogen-bond acceptors (Lipinski definition) is 4. The summed E-state index contributed by atoms with van der Waals surface area (Å²) in [5.41, 5.74) is -1.85. The first-order chi connectivity index (χ1) is 20.9. The normalized spacial score (nSPS) is 10.3. The number of hydrogen-bond donors (Lipinski definition) is 1. The smallest absolute Gasteiger partial charge is 0.0967 e. The maximum atomic E-state index is 12.3. The van der Waals surface area contributed by atoms with Crippen molar-refractivity contribution in [2.75, 3.05) is 32.5 Å². The summed E-state index contributed by atoms with van der Waals surface area (Å²) in [5, 5.41) is 9.77. The molecule has 0 aliphatic carbocycles. The molecule has 0 radical (unpaired) electrons. The van der Waals surface area contributed by atoms with Crippen LogP contribution in [0.2, 0.25) is 0 Å². The van der Waals surface area contributed by atoms with Gasteiger partial charge in [0, 0.05) is 13.1 Å². The topological polar surface area (TPSA) is 55.4 Å². The summed E-state index contributed by atoms with van der Waals surface area (Å²) in [6.07, 6.45) is 2.41. The maximum absolute atomic E-state index is 12.3. The van der Waals surface area contributed by atoms with E-state index >= 15 is 0 Å². The van der Waals surface area contributed by atoms with E-state index < -0.39 is 27.5 Å². The van der Waals surface area contributed by atoms with E-state index in [1.54, 1.807) is 17.3 Å². The average Bonchev–Trinajstić information content (AvgIpc) is 3.07. The molecule has 0 spiro atoms. The zero-order chi connectivity index (χ0) is 31.9. The fraction of sp³-hybridized carbons (Fsp3) is 0.235. The van der Waals surface area contributed by atoms with Crippen LogP contribution in [0.25, 0.3) is 0 Å². The van der Waals surface area contributed by atoms with E-state index in [0.717, 1.165) is 34.0 Å². The van der Waals surface area contributed by atoms with E-state index in [-0.39, 0.29) is 0 Å². The van der Waals surface area contributed by atoms with Gasteiger partial charge in [-0.2, -0.15) is 0 Å². The Morgan fingerprint density at radius 3 is 1.14 bits per heavy atom. The number of methoxy groups -OCH3 is 1. The van der Waals surface area contributed by atoms with Gasteiger partial charge in [-0.1, -0.05) is 72.8 Å². The average molecular weight is 730 g/mol. The molecule has 43 heavy (non-hydrogen) atoms. The first-order valence-corrected chi connectivity index (χ1v) is 19.5. The Morgan fingerprint density at radius 1 is 0.698 bits per heavy atom. The fourth-order valence-electron chi connectivity index (χ4n) is 4.26. The Morgan fingerprint density at radius 2 is 0.953 bits per heavy atom. The molecule has 0 aliphatic rings. The van der Waals surface area contributed by atoms with Gasteiger partial charge in [-0.15, -0.1) is 0 Å². The molecule has 230 valence electrons. The van der Waals surface area contributed by atoms with Crippen LogP contribution in [0.4, 0.5) is 4.39 Å². The minimum atomic E-state index is -1.85. The van der Waals surface area contributed by atoms with Gasteiger partial charge in [-0.3, -0.25) is 6.79 Å². The van der Waals surface area contributed by atoms with Crippen molar-refractivity contribution < 1.29 is 36.0 Å². The number of alkyl halides is 1. The van der Waals surface area contributed by atoms with Crippen LogP contribution in [0, 0.1) is 0 Å². The molecule has 0 aromatic heterocycles. The quantitative estimate of drug-likeness (QED) is 0.0565. The molecule has 0 unspecified atom stereocenters. The second kappa shape index (κ2) is 23.1. The monoisotopic (exact) mass is 730 g/mol. The van der Waals surface area contributed by atoms with Crippen LogP contribution in [0.1, 0.15) is 13.8 Å². The van der Waals surface area contributed by atoms with Gasteiger partial charge >= 0.3 is 33.0 Å². The predicted octanol–water partition coefficient (Wildman–Crippen LogP) is 5.36. The van der Waals surface area contributed by atoms with Crippen molar-refractivity contribution in [3.8, 4) is 0 Å². The van der Waals surface area contributed by atoms with Gasteiger partial charge in [0.15, 0.2) is 0 Å². The third kappa shape index (κ3) is 14.8. The molecule has 0 fully saturated rings. The van der Waals surface area contributed by atoms with Gasteiger partial charge in [0.1, 0.15) is 0 Å². The second-order valence-electron chi connectivity index (χ2n) is 9.64. The van der Waals surface area contributed by atoms with E-state index in [9.17, 15) is 9.18 Å². The summed E-state index contributed by atoms with van der Waals surface area (Å²) in [7, 11) is 4.25. The van der Waals surface area contributed by atoms with Crippen molar-refractivity contribution in [3.63, 3.8) is 0 Å². The number of benzene rings is 4. The first-order valence-electron chi connectivity index (χ1n) is 13.7. The van der Waals surface area contributed by atoms with E-state index in [1.807, 2.05) is 0 Å². The number of halogens is 2. The minimum absolute atomic E-state index is 0.758. The van der Waals surface area contributed by atoms with Crippen LogP contribution in [-0.2, 0) is 31.6 Å². The van der Waals surface area contributed by atoms with Gasteiger partial charge in [0.25, 0.3) is 0 Å². The SMILES string of the molecule is COC(=O)C(C)(C)F.[CH-]=O.[Cl][RuH+2].c1ccc([PH+](CCNCC[PH+](c2ccccc2)c2ccccc2)c2ccccc2)cc1. The van der Waals surface area contributed by atoms with Crippen LogP contribution in [0.5, 0.6) is 0 Å². The van der Waals surface area contributed by atoms with Crippen molar-refractivity contribution in [2.24, 2.45) is 0 Å². The molecular formula is C34H42ClFNO3P2Ru+3. The van der Waals surface area contributed by atoms with Crippen LogP contribution >= 0.6 is 25.5 Å². The van der Waals surface area contributed by atoms with Crippen LogP contribution in [0.15, 0.2) is 121 Å². The summed E-state index contributed by atoms with van der Waals surface area (Å²) < 4.78 is 16.4. The van der Waals surface area contributed by atoms with Crippen LogP contribution < -0.4 is 26.5 Å². The van der Waals surface area contributed by atoms with Crippen LogP contribution in [-0.4, -0.2) is 51.0 Å². The molecule has 4 aromatic rings. The van der Waals surface area contributed by atoms with E-state index in [0.29, 0.717) is 0 Å². The molecule has 4 rings (SSSR count). The molecule has 0 amide bonds. The third-order valence-corrected chi connectivity index (χ3v) is 11.9. The number of esters is 1. The van der Waals surface area contributed by atoms with Gasteiger partial charge in [-0.25, -0.2) is 9.18 Å². The van der Waals surface area contributed by atoms with Crippen molar-refractivity contribution in [1.29, 1.82) is 0 Å². The summed E-state index contributed by atoms with van der Waals surface area (Å²) in [4.78, 5) is 18.0. The van der Waals surface area contributed by atoms with Gasteiger partial charge in [0.2, 0.25) is 5.67 Å². The zero-order valence-corrected chi connectivity index (χ0v) is 29.4. The summed E-state index contributed by atoms with van der Waals surface area (Å²) in [5.74, 6) is -0.836. The second-order valence-corrected chi connectivity index (χ2v) is 14.9. The van der Waals surface area contributed by atoms with E-state index in [4.69, 9.17) is 4.79 Å². The van der Waals surface area contributed by atoms with Crippen LogP contribution in [0.3, 0.4) is 0 Å². The molecule has 0 atom stereocenters. The number of ether oxygens (including phenoxy) is 1. The Hall–Kier alpha value is -2.32. The van der Waals surface area contributed by atoms with Crippen molar-refractivity contribution >= 4 is 59.5 Å². The molecule has 0 saturated heterocycles. The molecule has 9 heteroatoms. The predicted molar refractivity (Wildman–Crippen MR) is 185 cm³/mol. The fourth-order valence-corrected chi connectivity index (χ4v) is 9.32. The largest absolute Gasteiger partial charge is 0.310 e. The first kappa shape index (κ1) is 38.7. The number of carbonyl (C=O) groups excluding carboxylic acids is 2. The molecule has 1 N–H and O–H groups in total. The van der Waals surface area contributed by atoms with Gasteiger partial charge in [0.05, 0.1) is 56.5 Å². The molecule has 0 aliphatic heterocycles. The standard InChI is InChI=1S/C28H29NP2.C5H9FO2.CHO.ClH.Ru.H/c1-5-13-25(14-6-1)30(26-15-7-2-8-16-26)23-21-29-22-24-31(27-17-9-3-10-18-27)28-19-11-4-12-20-28;1-5(2,6)4(7)8-3;1-2;;;/h1-20,29H,21-24H2;1-3H3;1H;1H;;/q;;-1;;+3;/p+1. The van der Waals surface area contributed by atoms with Gasteiger partial charge in [-0.05, 0) is 62.4 Å². The Bertz CT molecular complexity index is 1090. The molecule has 4 aromatic carbocycles. The van der Waals surface area contributed by atoms with Crippen molar-refractivity contribution in [3.05, 3.63) is 121 Å². The Labute approximate surface area is 273 Å². The maximum Gasteiger partial charge on any atom is 0.0967 e. The number of nitrogens with one attached hydrogen (secondary N) is 1. The molecule has 0 saturated carbocycles. The van der Waals surface area contributed by atoms with Crippen molar-refractivity contribution in [1.82, 2.24) is 5.32 Å². The summed E-state index contributed by atoms with van der Waals surface area (Å²) in [6, 6.07) is 44.2. The van der Waals surface area contributed by atoms with E-state index in [2.05, 4.69) is 148 Å². The summed E-state index contributed by atoms with van der Waals surface area (Å²) >= 11 is 1.62. The number of carbonyl (C=O) groups is 1. The minimum Gasteiger partial charge on any atom is -0.310 e. The van der Waals surface area contributed by atoms with Crippen molar-refractivity contribution in [2.45, 2.75) is 19.5 Å². The molecule has 0 heterocycles. The Balaban J connectivity index is 0.000000663. The third-order valence-electron chi connectivity index (χ3n) is 6.26. The molecule has 4 nitrogen and oxygen atoms in total. The Kier molecular flexibility index (Phi) is 20.8. The zero-order valence-electron chi connectivity index (χ0n) is 24.8.